The van der Waals surface area contributed by atoms with Crippen LogP contribution >= 0.6 is 23.1 Å². The fourth-order valence-corrected chi connectivity index (χ4v) is 6.55. The summed E-state index contributed by atoms with van der Waals surface area (Å²) in [7, 11) is 3.05. The number of thioether (sulfide) groups is 1. The molecular formula is C35H29N3O4S2. The summed E-state index contributed by atoms with van der Waals surface area (Å²) in [5, 5.41) is 17.7. The van der Waals surface area contributed by atoms with Crippen LogP contribution < -0.4 is 20.1 Å². The highest BCUT2D eigenvalue weighted by Crippen LogP contribution is 2.40. The fraction of sp³-hybridized carbons (Fsp3) is 0.114. The van der Waals surface area contributed by atoms with Crippen LogP contribution in [0, 0.1) is 18.3 Å². The Hall–Kier alpha value is -5.04. The van der Waals surface area contributed by atoms with Crippen LogP contribution in [-0.4, -0.2) is 26.0 Å². The van der Waals surface area contributed by atoms with Crippen LogP contribution in [-0.2, 0) is 4.79 Å². The number of amides is 2. The molecule has 0 bridgehead atoms. The molecule has 5 rings (SSSR count). The summed E-state index contributed by atoms with van der Waals surface area (Å²) in [6.45, 7) is 2.01. The van der Waals surface area contributed by atoms with Gasteiger partial charge in [0, 0.05) is 27.1 Å². The molecule has 1 heterocycles. The number of nitrogens with one attached hydrogen (secondary N) is 2. The summed E-state index contributed by atoms with van der Waals surface area (Å²) in [4.78, 5) is 27.6. The molecule has 0 saturated heterocycles. The lowest BCUT2D eigenvalue weighted by Crippen LogP contribution is -2.19. The summed E-state index contributed by atoms with van der Waals surface area (Å²) < 4.78 is 10.6. The van der Waals surface area contributed by atoms with Gasteiger partial charge in [-0.05, 0) is 54.4 Å². The number of benzene rings is 4. The van der Waals surface area contributed by atoms with Crippen molar-refractivity contribution in [2.45, 2.75) is 17.1 Å². The number of hydrogen-bond acceptors (Lipinski definition) is 7. The minimum absolute atomic E-state index is 0.255. The normalized spacial score (nSPS) is 11.2. The van der Waals surface area contributed by atoms with Crippen LogP contribution in [0.25, 0.3) is 11.1 Å². The molecule has 4 aromatic carbocycles. The lowest BCUT2D eigenvalue weighted by molar-refractivity contribution is -0.115. The van der Waals surface area contributed by atoms with Crippen molar-refractivity contribution in [1.29, 1.82) is 5.26 Å². The Kier molecular flexibility index (Phi) is 9.65. The molecule has 1 atom stereocenters. The molecule has 2 amide bonds. The Balaban J connectivity index is 1.37. The van der Waals surface area contributed by atoms with Crippen LogP contribution in [0.2, 0.25) is 0 Å². The van der Waals surface area contributed by atoms with Gasteiger partial charge in [0.05, 0.1) is 19.8 Å². The number of thiophene rings is 1. The molecule has 0 aliphatic heterocycles. The van der Waals surface area contributed by atoms with E-state index in [1.54, 1.807) is 24.3 Å². The van der Waals surface area contributed by atoms with Crippen LogP contribution in [0.3, 0.4) is 0 Å². The summed E-state index contributed by atoms with van der Waals surface area (Å²) in [5.74, 6) is 0.423. The van der Waals surface area contributed by atoms with Gasteiger partial charge in [-0.2, -0.15) is 5.26 Å². The molecule has 5 aromatic rings. The molecule has 1 aromatic heterocycles. The molecule has 0 fully saturated rings. The number of aryl methyl sites for hydroxylation is 1. The van der Waals surface area contributed by atoms with Gasteiger partial charge in [-0.25, -0.2) is 0 Å². The van der Waals surface area contributed by atoms with Crippen molar-refractivity contribution >= 4 is 45.6 Å². The summed E-state index contributed by atoms with van der Waals surface area (Å²) in [6.07, 6.45) is 0. The molecule has 44 heavy (non-hydrogen) atoms. The summed E-state index contributed by atoms with van der Waals surface area (Å²) in [5.41, 5.74) is 5.07. The monoisotopic (exact) mass is 619 g/mol. The van der Waals surface area contributed by atoms with E-state index in [1.165, 1.54) is 37.3 Å². The molecule has 0 saturated carbocycles. The van der Waals surface area contributed by atoms with Crippen LogP contribution in [0.1, 0.15) is 32.3 Å². The van der Waals surface area contributed by atoms with Crippen molar-refractivity contribution in [1.82, 2.24) is 0 Å². The zero-order valence-corrected chi connectivity index (χ0v) is 25.9. The van der Waals surface area contributed by atoms with Crippen molar-refractivity contribution in [2.75, 3.05) is 24.9 Å². The average molecular weight is 620 g/mol. The first-order valence-electron chi connectivity index (χ1n) is 13.6. The number of rotatable bonds is 10. The van der Waals surface area contributed by atoms with Crippen molar-refractivity contribution in [3.05, 3.63) is 125 Å². The van der Waals surface area contributed by atoms with E-state index < -0.39 is 5.25 Å². The van der Waals surface area contributed by atoms with E-state index >= 15 is 0 Å². The van der Waals surface area contributed by atoms with E-state index in [9.17, 15) is 14.9 Å². The SMILES string of the molecule is COc1ccc(C(=O)Nc2cccc(SC(C(=O)Nc3scc(-c4ccc(C)cc4)c3C#N)c3ccccc3)c2)cc1OC. The quantitative estimate of drug-likeness (QED) is 0.152. The average Bonchev–Trinajstić information content (AvgIpc) is 3.46. The van der Waals surface area contributed by atoms with Gasteiger partial charge in [0.1, 0.15) is 16.3 Å². The molecule has 220 valence electrons. The van der Waals surface area contributed by atoms with E-state index in [4.69, 9.17) is 9.47 Å². The second-order valence-electron chi connectivity index (χ2n) is 9.78. The molecule has 9 heteroatoms. The highest BCUT2D eigenvalue weighted by atomic mass is 32.2. The number of anilines is 2. The molecule has 1 unspecified atom stereocenters. The Bertz CT molecular complexity index is 1830. The van der Waals surface area contributed by atoms with Gasteiger partial charge in [-0.3, -0.25) is 9.59 Å². The van der Waals surface area contributed by atoms with Crippen molar-refractivity contribution < 1.29 is 19.1 Å². The highest BCUT2D eigenvalue weighted by molar-refractivity contribution is 8.00. The third-order valence-electron chi connectivity index (χ3n) is 6.83. The number of hydrogen-bond donors (Lipinski definition) is 2. The number of nitrogens with zero attached hydrogens (tertiary/aromatic N) is 1. The zero-order valence-electron chi connectivity index (χ0n) is 24.3. The maximum absolute atomic E-state index is 13.8. The summed E-state index contributed by atoms with van der Waals surface area (Å²) >= 11 is 2.69. The number of ether oxygens (including phenoxy) is 2. The van der Waals surface area contributed by atoms with Crippen molar-refractivity contribution in [3.63, 3.8) is 0 Å². The Morgan fingerprint density at radius 2 is 1.61 bits per heavy atom. The molecule has 0 aliphatic rings. The first kappa shape index (κ1) is 30.4. The van der Waals surface area contributed by atoms with Crippen LogP contribution in [0.4, 0.5) is 10.7 Å². The number of carbonyl (C=O) groups excluding carboxylic acids is 2. The molecule has 0 aliphatic carbocycles. The fourth-order valence-electron chi connectivity index (χ4n) is 4.55. The minimum atomic E-state index is -0.621. The van der Waals surface area contributed by atoms with Gasteiger partial charge in [-0.15, -0.1) is 23.1 Å². The van der Waals surface area contributed by atoms with Gasteiger partial charge in [0.2, 0.25) is 5.91 Å². The molecule has 0 spiro atoms. The van der Waals surface area contributed by atoms with Crippen molar-refractivity contribution in [2.24, 2.45) is 0 Å². The van der Waals surface area contributed by atoms with E-state index in [1.807, 2.05) is 85.1 Å². The topological polar surface area (TPSA) is 100 Å². The number of carbonyl (C=O) groups is 2. The maximum atomic E-state index is 13.8. The van der Waals surface area contributed by atoms with Gasteiger partial charge in [0.25, 0.3) is 5.91 Å². The van der Waals surface area contributed by atoms with Crippen LogP contribution in [0.15, 0.2) is 107 Å². The van der Waals surface area contributed by atoms with E-state index in [0.29, 0.717) is 33.3 Å². The highest BCUT2D eigenvalue weighted by Gasteiger charge is 2.25. The lowest BCUT2D eigenvalue weighted by Gasteiger charge is -2.17. The predicted molar refractivity (Wildman–Crippen MR) is 177 cm³/mol. The van der Waals surface area contributed by atoms with E-state index in [2.05, 4.69) is 16.7 Å². The smallest absolute Gasteiger partial charge is 0.255 e. The first-order valence-corrected chi connectivity index (χ1v) is 15.4. The number of nitriles is 1. The molecule has 2 N–H and O–H groups in total. The molecule has 0 radical (unpaired) electrons. The van der Waals surface area contributed by atoms with Gasteiger partial charge in [-0.1, -0.05) is 66.2 Å². The lowest BCUT2D eigenvalue weighted by atomic mass is 10.0. The Morgan fingerprint density at radius 3 is 2.32 bits per heavy atom. The number of methoxy groups -OCH3 is 2. The van der Waals surface area contributed by atoms with Gasteiger partial charge in [0.15, 0.2) is 11.5 Å². The third-order valence-corrected chi connectivity index (χ3v) is 8.98. The second-order valence-corrected chi connectivity index (χ2v) is 11.8. The second kappa shape index (κ2) is 14.0. The van der Waals surface area contributed by atoms with E-state index in [-0.39, 0.29) is 11.8 Å². The van der Waals surface area contributed by atoms with Crippen molar-refractivity contribution in [3.8, 4) is 28.7 Å². The Labute approximate surface area is 264 Å². The standard InChI is InChI=1S/C35H29N3O4S2/c1-22-12-14-23(15-13-22)29-21-43-35(28(29)20-36)38-34(40)32(24-8-5-4-6-9-24)44-27-11-7-10-26(19-27)37-33(39)25-16-17-30(41-2)31(18-25)42-3/h4-19,21,32H,1-3H3,(H,37,39)(H,38,40). The van der Waals surface area contributed by atoms with Gasteiger partial charge >= 0.3 is 0 Å². The van der Waals surface area contributed by atoms with Gasteiger partial charge < -0.3 is 20.1 Å². The van der Waals surface area contributed by atoms with E-state index in [0.717, 1.165) is 27.1 Å². The minimum Gasteiger partial charge on any atom is -0.493 e. The molecular weight excluding hydrogens is 591 g/mol. The predicted octanol–water partition coefficient (Wildman–Crippen LogP) is 8.34. The third kappa shape index (κ3) is 6.94. The summed E-state index contributed by atoms with van der Waals surface area (Å²) in [6, 6.07) is 32.0. The zero-order chi connectivity index (χ0) is 31.1. The Morgan fingerprint density at radius 1 is 0.864 bits per heavy atom. The van der Waals surface area contributed by atoms with Crippen LogP contribution in [0.5, 0.6) is 11.5 Å². The molecule has 7 nitrogen and oxygen atoms in total. The largest absolute Gasteiger partial charge is 0.493 e. The maximum Gasteiger partial charge on any atom is 0.255 e. The first-order chi connectivity index (χ1) is 21.4.